The third-order valence-corrected chi connectivity index (χ3v) is 7.73. The summed E-state index contributed by atoms with van der Waals surface area (Å²) in [6.45, 7) is 8.37. The van der Waals surface area contributed by atoms with Crippen LogP contribution in [0.2, 0.25) is 10.0 Å². The van der Waals surface area contributed by atoms with Gasteiger partial charge in [-0.25, -0.2) is 0 Å². The van der Waals surface area contributed by atoms with Gasteiger partial charge < -0.3 is 4.90 Å². The minimum Gasteiger partial charge on any atom is -0.332 e. The summed E-state index contributed by atoms with van der Waals surface area (Å²) in [5, 5.41) is 1.44. The molecule has 1 heterocycles. The van der Waals surface area contributed by atoms with Crippen molar-refractivity contribution in [3.63, 3.8) is 0 Å². The predicted octanol–water partition coefficient (Wildman–Crippen LogP) is 7.82. The van der Waals surface area contributed by atoms with Gasteiger partial charge in [0.25, 0.3) is 0 Å². The van der Waals surface area contributed by atoms with Gasteiger partial charge in [0.05, 0.1) is 11.5 Å². The minimum absolute atomic E-state index is 0.0311. The van der Waals surface area contributed by atoms with Gasteiger partial charge in [-0.3, -0.25) is 4.79 Å². The molecule has 2 aromatic rings. The number of carbonyl (C=O) groups is 1. The minimum atomic E-state index is -0.469. The van der Waals surface area contributed by atoms with Crippen LogP contribution in [0.25, 0.3) is 0 Å². The molecule has 0 N–H and O–H groups in total. The van der Waals surface area contributed by atoms with Gasteiger partial charge in [-0.1, -0.05) is 67.4 Å². The molecule has 2 nitrogen and oxygen atoms in total. The molecule has 0 spiro atoms. The lowest BCUT2D eigenvalue weighted by molar-refractivity contribution is -0.154. The van der Waals surface area contributed by atoms with Gasteiger partial charge in [0.2, 0.25) is 5.91 Å². The van der Waals surface area contributed by atoms with E-state index in [2.05, 4.69) is 49.6 Å². The Kier molecular flexibility index (Phi) is 6.51. The lowest BCUT2D eigenvalue weighted by atomic mass is 9.67. The highest BCUT2D eigenvalue weighted by molar-refractivity contribution is 6.30. The summed E-state index contributed by atoms with van der Waals surface area (Å²) in [5.41, 5.74) is 1.86. The number of likely N-dealkylation sites (tertiary alicyclic amines) is 1. The summed E-state index contributed by atoms with van der Waals surface area (Å²) in [6.07, 6.45) is 6.62. The zero-order valence-electron chi connectivity index (χ0n) is 18.4. The maximum atomic E-state index is 14.1. The van der Waals surface area contributed by atoms with Gasteiger partial charge in [0, 0.05) is 22.0 Å². The van der Waals surface area contributed by atoms with E-state index >= 15 is 0 Å². The number of amides is 1. The predicted molar refractivity (Wildman–Crippen MR) is 130 cm³/mol. The van der Waals surface area contributed by atoms with Crippen molar-refractivity contribution in [3.05, 3.63) is 82.4 Å². The molecule has 31 heavy (non-hydrogen) atoms. The van der Waals surface area contributed by atoms with Crippen LogP contribution < -0.4 is 0 Å². The standard InChI is InChI=1S/C27H31Cl2NO/c1-4-14-27(3)17-24(20-6-5-7-22(29)16-20)25(19-9-11-21(28)12-10-19)30(26(27)31)23-13-8-18(2)15-23/h4-7,9-12,16,18,23-25H,1,8,13-15,17H2,2-3H3/t18-,23?,24+,25+,27?/m0/s1. The third kappa shape index (κ3) is 4.43. The Labute approximate surface area is 196 Å². The highest BCUT2D eigenvalue weighted by atomic mass is 35.5. The normalized spacial score (nSPS) is 31.1. The van der Waals surface area contributed by atoms with Crippen molar-refractivity contribution in [2.24, 2.45) is 11.3 Å². The van der Waals surface area contributed by atoms with Gasteiger partial charge in [0.1, 0.15) is 0 Å². The van der Waals surface area contributed by atoms with Crippen LogP contribution in [-0.2, 0) is 4.79 Å². The van der Waals surface area contributed by atoms with E-state index in [-0.39, 0.29) is 23.9 Å². The second-order valence-corrected chi connectivity index (χ2v) is 10.6. The van der Waals surface area contributed by atoms with E-state index in [0.717, 1.165) is 29.8 Å². The summed E-state index contributed by atoms with van der Waals surface area (Å²) in [4.78, 5) is 16.3. The Morgan fingerprint density at radius 3 is 2.45 bits per heavy atom. The zero-order valence-corrected chi connectivity index (χ0v) is 19.9. The molecule has 5 atom stereocenters. The Bertz CT molecular complexity index is 956. The largest absolute Gasteiger partial charge is 0.332 e. The first-order valence-corrected chi connectivity index (χ1v) is 12.0. The number of halogens is 2. The van der Waals surface area contributed by atoms with Gasteiger partial charge in [-0.05, 0) is 73.4 Å². The fourth-order valence-electron chi connectivity index (χ4n) is 5.72. The van der Waals surface area contributed by atoms with Crippen LogP contribution in [0.3, 0.4) is 0 Å². The van der Waals surface area contributed by atoms with Crippen molar-refractivity contribution in [2.45, 2.75) is 64.0 Å². The van der Waals surface area contributed by atoms with Gasteiger partial charge in [-0.15, -0.1) is 6.58 Å². The summed E-state index contributed by atoms with van der Waals surface area (Å²) < 4.78 is 0. The second kappa shape index (κ2) is 9.00. The van der Waals surface area contributed by atoms with Crippen LogP contribution in [0.1, 0.15) is 69.0 Å². The first-order valence-electron chi connectivity index (χ1n) is 11.3. The number of hydrogen-bond donors (Lipinski definition) is 0. The maximum absolute atomic E-state index is 14.1. The van der Waals surface area contributed by atoms with E-state index in [1.807, 2.05) is 30.3 Å². The maximum Gasteiger partial charge on any atom is 0.229 e. The summed E-state index contributed by atoms with van der Waals surface area (Å²) in [5.74, 6) is 1.05. The lowest BCUT2D eigenvalue weighted by Crippen LogP contribution is -2.55. The first-order chi connectivity index (χ1) is 14.8. The SMILES string of the molecule is C=CCC1(C)C[C@H](c2cccc(Cl)c2)[C@@H](c2ccc(Cl)cc2)N(C2CC[C@H](C)C2)C1=O. The lowest BCUT2D eigenvalue weighted by Gasteiger charge is -2.51. The highest BCUT2D eigenvalue weighted by Crippen LogP contribution is 2.53. The molecule has 2 aromatic carbocycles. The quantitative estimate of drug-likeness (QED) is 0.420. The van der Waals surface area contributed by atoms with E-state index in [4.69, 9.17) is 23.2 Å². The molecular formula is C27H31Cl2NO. The number of rotatable bonds is 5. The van der Waals surface area contributed by atoms with E-state index in [9.17, 15) is 4.79 Å². The van der Waals surface area contributed by atoms with Crippen molar-refractivity contribution < 1.29 is 4.79 Å². The first kappa shape index (κ1) is 22.4. The summed E-state index contributed by atoms with van der Waals surface area (Å²) >= 11 is 12.6. The van der Waals surface area contributed by atoms with E-state index in [1.165, 1.54) is 12.0 Å². The average Bonchev–Trinajstić information content (AvgIpc) is 3.16. The van der Waals surface area contributed by atoms with Gasteiger partial charge >= 0.3 is 0 Å². The smallest absolute Gasteiger partial charge is 0.229 e. The number of benzene rings is 2. The summed E-state index contributed by atoms with van der Waals surface area (Å²) in [6, 6.07) is 16.4. The molecule has 0 aromatic heterocycles. The van der Waals surface area contributed by atoms with Gasteiger partial charge in [0.15, 0.2) is 0 Å². The molecule has 2 aliphatic rings. The fourth-order valence-corrected chi connectivity index (χ4v) is 6.04. The number of allylic oxidation sites excluding steroid dienone is 1. The molecule has 2 fully saturated rings. The van der Waals surface area contributed by atoms with Crippen LogP contribution in [0.5, 0.6) is 0 Å². The van der Waals surface area contributed by atoms with Crippen LogP contribution in [0.15, 0.2) is 61.2 Å². The molecule has 0 radical (unpaired) electrons. The van der Waals surface area contributed by atoms with E-state index < -0.39 is 5.41 Å². The topological polar surface area (TPSA) is 20.3 Å². The zero-order chi connectivity index (χ0) is 22.2. The van der Waals surface area contributed by atoms with Crippen molar-refractivity contribution in [3.8, 4) is 0 Å². The van der Waals surface area contributed by atoms with Crippen LogP contribution in [0, 0.1) is 11.3 Å². The molecule has 1 amide bonds. The average molecular weight is 456 g/mol. The Hall–Kier alpha value is -1.77. The highest BCUT2D eigenvalue weighted by Gasteiger charge is 2.51. The third-order valence-electron chi connectivity index (χ3n) is 7.25. The van der Waals surface area contributed by atoms with Crippen molar-refractivity contribution in [1.29, 1.82) is 0 Å². The van der Waals surface area contributed by atoms with Crippen molar-refractivity contribution in [1.82, 2.24) is 4.90 Å². The van der Waals surface area contributed by atoms with Crippen molar-refractivity contribution >= 4 is 29.1 Å². The van der Waals surface area contributed by atoms with E-state index in [1.54, 1.807) is 0 Å². The second-order valence-electron chi connectivity index (χ2n) is 9.70. The van der Waals surface area contributed by atoms with Crippen LogP contribution >= 0.6 is 23.2 Å². The monoisotopic (exact) mass is 455 g/mol. The van der Waals surface area contributed by atoms with Crippen molar-refractivity contribution in [2.75, 3.05) is 0 Å². The Balaban J connectivity index is 1.87. The molecule has 4 heteroatoms. The van der Waals surface area contributed by atoms with Crippen LogP contribution in [-0.4, -0.2) is 16.8 Å². The molecule has 2 unspecified atom stereocenters. The molecule has 164 valence electrons. The molecular weight excluding hydrogens is 425 g/mol. The number of hydrogen-bond acceptors (Lipinski definition) is 1. The molecule has 1 aliphatic heterocycles. The number of piperidine rings is 1. The van der Waals surface area contributed by atoms with Crippen LogP contribution in [0.4, 0.5) is 0 Å². The summed E-state index contributed by atoms with van der Waals surface area (Å²) in [7, 11) is 0. The Morgan fingerprint density at radius 2 is 1.84 bits per heavy atom. The van der Waals surface area contributed by atoms with Gasteiger partial charge in [-0.2, -0.15) is 0 Å². The molecule has 1 saturated heterocycles. The fraction of sp³-hybridized carbons (Fsp3) is 0.444. The number of nitrogens with zero attached hydrogens (tertiary/aromatic N) is 1. The molecule has 0 bridgehead atoms. The molecule has 1 saturated carbocycles. The van der Waals surface area contributed by atoms with E-state index in [0.29, 0.717) is 17.4 Å². The molecule has 1 aliphatic carbocycles. The number of carbonyl (C=O) groups excluding carboxylic acids is 1. The Morgan fingerprint density at radius 1 is 1.10 bits per heavy atom. The molecule has 4 rings (SSSR count).